The number of hydrogen-bond donors (Lipinski definition) is 1. The van der Waals surface area contributed by atoms with Crippen LogP contribution in [0.3, 0.4) is 0 Å². The molecule has 2 saturated heterocycles. The molecule has 0 aromatic heterocycles. The van der Waals surface area contributed by atoms with E-state index in [1.165, 1.54) is 5.56 Å². The molecule has 2 N–H and O–H groups in total. The highest BCUT2D eigenvalue weighted by Crippen LogP contribution is 2.24. The summed E-state index contributed by atoms with van der Waals surface area (Å²) in [6.07, 6.45) is 3.11. The fourth-order valence-electron chi connectivity index (χ4n) is 3.25. The standard InChI is InChI=1S/C18H26N2O3/c1-14-2-4-15(5-3-14)23-16-6-10-20(11-7-16)17(21)18(19)8-12-22-13-9-18/h2-5,16H,6-13,19H2,1H3. The minimum absolute atomic E-state index is 0.0783. The van der Waals surface area contributed by atoms with Gasteiger partial charge in [0.2, 0.25) is 5.91 Å². The molecule has 0 aliphatic carbocycles. The van der Waals surface area contributed by atoms with Gasteiger partial charge in [0.15, 0.2) is 0 Å². The highest BCUT2D eigenvalue weighted by atomic mass is 16.5. The van der Waals surface area contributed by atoms with Gasteiger partial charge in [-0.3, -0.25) is 4.79 Å². The largest absolute Gasteiger partial charge is 0.490 e. The molecular weight excluding hydrogens is 292 g/mol. The maximum absolute atomic E-state index is 12.7. The van der Waals surface area contributed by atoms with Crippen molar-refractivity contribution >= 4 is 5.91 Å². The van der Waals surface area contributed by atoms with Crippen molar-refractivity contribution in [3.63, 3.8) is 0 Å². The van der Waals surface area contributed by atoms with Crippen molar-refractivity contribution < 1.29 is 14.3 Å². The SMILES string of the molecule is Cc1ccc(OC2CCN(C(=O)C3(N)CCOCC3)CC2)cc1. The molecule has 1 amide bonds. The Bertz CT molecular complexity index is 530. The number of ether oxygens (including phenoxy) is 2. The Morgan fingerprint density at radius 2 is 1.83 bits per heavy atom. The van der Waals surface area contributed by atoms with Crippen LogP contribution >= 0.6 is 0 Å². The van der Waals surface area contributed by atoms with Crippen LogP contribution in [0.15, 0.2) is 24.3 Å². The minimum Gasteiger partial charge on any atom is -0.490 e. The van der Waals surface area contributed by atoms with Crippen LogP contribution in [0.1, 0.15) is 31.2 Å². The van der Waals surface area contributed by atoms with Crippen molar-refractivity contribution in [3.8, 4) is 5.75 Å². The van der Waals surface area contributed by atoms with E-state index >= 15 is 0 Å². The van der Waals surface area contributed by atoms with E-state index in [9.17, 15) is 4.79 Å². The summed E-state index contributed by atoms with van der Waals surface area (Å²) < 4.78 is 11.3. The minimum atomic E-state index is -0.733. The van der Waals surface area contributed by atoms with Gasteiger partial charge in [-0.25, -0.2) is 0 Å². The van der Waals surface area contributed by atoms with Gasteiger partial charge >= 0.3 is 0 Å². The second-order valence-electron chi connectivity index (χ2n) is 6.69. The number of aryl methyl sites for hydroxylation is 1. The van der Waals surface area contributed by atoms with Gasteiger partial charge in [-0.1, -0.05) is 17.7 Å². The van der Waals surface area contributed by atoms with Gasteiger partial charge in [0.05, 0.1) is 5.54 Å². The van der Waals surface area contributed by atoms with E-state index in [-0.39, 0.29) is 12.0 Å². The van der Waals surface area contributed by atoms with E-state index in [0.717, 1.165) is 31.7 Å². The van der Waals surface area contributed by atoms with Crippen LogP contribution in [0.25, 0.3) is 0 Å². The zero-order valence-corrected chi connectivity index (χ0v) is 13.8. The van der Waals surface area contributed by atoms with E-state index < -0.39 is 5.54 Å². The number of nitrogens with zero attached hydrogens (tertiary/aromatic N) is 1. The topological polar surface area (TPSA) is 64.8 Å². The van der Waals surface area contributed by atoms with Gasteiger partial charge in [-0.2, -0.15) is 0 Å². The summed E-state index contributed by atoms with van der Waals surface area (Å²) in [5.74, 6) is 0.981. The number of nitrogens with two attached hydrogens (primary N) is 1. The summed E-state index contributed by atoms with van der Waals surface area (Å²) in [7, 11) is 0. The van der Waals surface area contributed by atoms with Crippen LogP contribution < -0.4 is 10.5 Å². The van der Waals surface area contributed by atoms with Crippen molar-refractivity contribution in [2.75, 3.05) is 26.3 Å². The lowest BCUT2D eigenvalue weighted by Gasteiger charge is -2.39. The van der Waals surface area contributed by atoms with E-state index in [0.29, 0.717) is 26.1 Å². The van der Waals surface area contributed by atoms with E-state index in [2.05, 4.69) is 19.1 Å². The quantitative estimate of drug-likeness (QED) is 0.924. The second-order valence-corrected chi connectivity index (χ2v) is 6.69. The second kappa shape index (κ2) is 6.89. The van der Waals surface area contributed by atoms with Gasteiger partial charge in [0, 0.05) is 39.1 Å². The third-order valence-electron chi connectivity index (χ3n) is 4.86. The van der Waals surface area contributed by atoms with Crippen molar-refractivity contribution in [3.05, 3.63) is 29.8 Å². The first kappa shape index (κ1) is 16.3. The van der Waals surface area contributed by atoms with E-state index in [1.807, 2.05) is 17.0 Å². The molecule has 2 fully saturated rings. The van der Waals surface area contributed by atoms with Gasteiger partial charge in [0.25, 0.3) is 0 Å². The number of amides is 1. The van der Waals surface area contributed by atoms with Gasteiger partial charge < -0.3 is 20.1 Å². The van der Waals surface area contributed by atoms with Crippen LogP contribution in [0.2, 0.25) is 0 Å². The Morgan fingerprint density at radius 3 is 2.43 bits per heavy atom. The molecule has 2 aliphatic rings. The summed E-state index contributed by atoms with van der Waals surface area (Å²) in [4.78, 5) is 14.6. The Labute approximate surface area is 137 Å². The highest BCUT2D eigenvalue weighted by Gasteiger charge is 2.40. The maximum atomic E-state index is 12.7. The van der Waals surface area contributed by atoms with Crippen LogP contribution in [-0.2, 0) is 9.53 Å². The number of hydrogen-bond acceptors (Lipinski definition) is 4. The zero-order valence-electron chi connectivity index (χ0n) is 13.8. The number of likely N-dealkylation sites (tertiary alicyclic amines) is 1. The van der Waals surface area contributed by atoms with Crippen molar-refractivity contribution in [1.82, 2.24) is 4.90 Å². The predicted octanol–water partition coefficient (Wildman–Crippen LogP) is 1.87. The number of benzene rings is 1. The molecule has 126 valence electrons. The smallest absolute Gasteiger partial charge is 0.242 e. The molecule has 0 atom stereocenters. The summed E-state index contributed by atoms with van der Waals surface area (Å²) in [5, 5.41) is 0. The van der Waals surface area contributed by atoms with Crippen molar-refractivity contribution in [2.24, 2.45) is 5.73 Å². The molecule has 0 unspecified atom stereocenters. The third kappa shape index (κ3) is 3.85. The van der Waals surface area contributed by atoms with Crippen LogP contribution in [0.5, 0.6) is 5.75 Å². The lowest BCUT2D eigenvalue weighted by Crippen LogP contribution is -2.59. The summed E-state index contributed by atoms with van der Waals surface area (Å²) in [6, 6.07) is 8.11. The van der Waals surface area contributed by atoms with E-state index in [1.54, 1.807) is 0 Å². The monoisotopic (exact) mass is 318 g/mol. The fourth-order valence-corrected chi connectivity index (χ4v) is 3.25. The zero-order chi connectivity index (χ0) is 16.3. The average molecular weight is 318 g/mol. The summed E-state index contributed by atoms with van der Waals surface area (Å²) >= 11 is 0. The Hall–Kier alpha value is -1.59. The Balaban J connectivity index is 1.51. The Kier molecular flexibility index (Phi) is 4.87. The molecule has 2 heterocycles. The summed E-state index contributed by atoms with van der Waals surface area (Å²) in [5.41, 5.74) is 6.79. The first-order valence-electron chi connectivity index (χ1n) is 8.46. The number of carbonyl (C=O) groups excluding carboxylic acids is 1. The first-order valence-corrected chi connectivity index (χ1v) is 8.46. The molecule has 1 aromatic carbocycles. The van der Waals surface area contributed by atoms with Crippen molar-refractivity contribution in [2.45, 2.75) is 44.2 Å². The van der Waals surface area contributed by atoms with Gasteiger partial charge in [-0.15, -0.1) is 0 Å². The molecule has 23 heavy (non-hydrogen) atoms. The van der Waals surface area contributed by atoms with Crippen LogP contribution in [-0.4, -0.2) is 48.8 Å². The Morgan fingerprint density at radius 1 is 1.22 bits per heavy atom. The lowest BCUT2D eigenvalue weighted by molar-refractivity contribution is -0.142. The molecule has 5 heteroatoms. The molecule has 0 bridgehead atoms. The molecule has 0 radical (unpaired) electrons. The number of carbonyl (C=O) groups is 1. The molecule has 5 nitrogen and oxygen atoms in total. The fraction of sp³-hybridized carbons (Fsp3) is 0.611. The number of piperidine rings is 1. The van der Waals surface area contributed by atoms with Crippen LogP contribution in [0, 0.1) is 6.92 Å². The third-order valence-corrected chi connectivity index (χ3v) is 4.86. The molecule has 0 saturated carbocycles. The first-order chi connectivity index (χ1) is 11.1. The predicted molar refractivity (Wildman–Crippen MR) is 88.4 cm³/mol. The average Bonchev–Trinajstić information content (AvgIpc) is 2.58. The van der Waals surface area contributed by atoms with Gasteiger partial charge in [-0.05, 0) is 31.9 Å². The lowest BCUT2D eigenvalue weighted by atomic mass is 9.89. The molecule has 2 aliphatic heterocycles. The molecule has 0 spiro atoms. The normalized spacial score (nSPS) is 21.9. The highest BCUT2D eigenvalue weighted by molar-refractivity contribution is 5.86. The van der Waals surface area contributed by atoms with Crippen molar-refractivity contribution in [1.29, 1.82) is 0 Å². The maximum Gasteiger partial charge on any atom is 0.242 e. The molecular formula is C18H26N2O3. The summed E-state index contributed by atoms with van der Waals surface area (Å²) in [6.45, 7) is 4.65. The van der Waals surface area contributed by atoms with E-state index in [4.69, 9.17) is 15.2 Å². The molecule has 3 rings (SSSR count). The van der Waals surface area contributed by atoms with Crippen LogP contribution in [0.4, 0.5) is 0 Å². The van der Waals surface area contributed by atoms with Gasteiger partial charge in [0.1, 0.15) is 11.9 Å². The molecule has 1 aromatic rings. The number of rotatable bonds is 3.